The Hall–Kier alpha value is -1.29. The molecule has 0 bridgehead atoms. The Morgan fingerprint density at radius 2 is 1.86 bits per heavy atom. The zero-order valence-corrected chi connectivity index (χ0v) is 14.3. The lowest BCUT2D eigenvalue weighted by molar-refractivity contribution is 0.387. The predicted octanol–water partition coefficient (Wildman–Crippen LogP) is 4.43. The maximum Gasteiger partial charge on any atom is 0.169 e. The second kappa shape index (κ2) is 6.86. The van der Waals surface area contributed by atoms with E-state index in [1.165, 1.54) is 11.1 Å². The van der Waals surface area contributed by atoms with E-state index in [9.17, 15) is 0 Å². The number of hydrogen-bond acceptors (Lipinski definition) is 1. The standard InChI is InChI=1S/C17H16Cl2N2S/c18-15-6-5-12(9-16(15)19)10-20-17(22)21-8-7-13-3-1-2-4-14(13)11-21/h1-6,9H,7-8,10-11H2,(H,20,22). The van der Waals surface area contributed by atoms with Gasteiger partial charge in [0.25, 0.3) is 0 Å². The van der Waals surface area contributed by atoms with Crippen molar-refractivity contribution in [2.75, 3.05) is 6.54 Å². The number of halogens is 2. The molecule has 0 saturated heterocycles. The smallest absolute Gasteiger partial charge is 0.169 e. The van der Waals surface area contributed by atoms with Gasteiger partial charge >= 0.3 is 0 Å². The van der Waals surface area contributed by atoms with Crippen LogP contribution in [0.25, 0.3) is 0 Å². The lowest BCUT2D eigenvalue weighted by atomic mass is 10.0. The normalized spacial score (nSPS) is 13.6. The van der Waals surface area contributed by atoms with E-state index >= 15 is 0 Å². The van der Waals surface area contributed by atoms with Crippen molar-refractivity contribution in [3.8, 4) is 0 Å². The fraction of sp³-hybridized carbons (Fsp3) is 0.235. The van der Waals surface area contributed by atoms with E-state index in [4.69, 9.17) is 35.4 Å². The Morgan fingerprint density at radius 1 is 1.09 bits per heavy atom. The zero-order valence-electron chi connectivity index (χ0n) is 12.0. The van der Waals surface area contributed by atoms with Crippen molar-refractivity contribution in [2.24, 2.45) is 0 Å². The van der Waals surface area contributed by atoms with Crippen molar-refractivity contribution in [1.29, 1.82) is 0 Å². The number of benzene rings is 2. The molecular weight excluding hydrogens is 335 g/mol. The van der Waals surface area contributed by atoms with Crippen molar-refractivity contribution in [2.45, 2.75) is 19.5 Å². The van der Waals surface area contributed by atoms with Gasteiger partial charge < -0.3 is 10.2 Å². The molecule has 0 unspecified atom stereocenters. The summed E-state index contributed by atoms with van der Waals surface area (Å²) >= 11 is 17.5. The molecule has 0 amide bonds. The van der Waals surface area contributed by atoms with E-state index in [0.29, 0.717) is 16.6 Å². The van der Waals surface area contributed by atoms with E-state index in [-0.39, 0.29) is 0 Å². The summed E-state index contributed by atoms with van der Waals surface area (Å²) < 4.78 is 0. The predicted molar refractivity (Wildman–Crippen MR) is 96.5 cm³/mol. The number of nitrogens with zero attached hydrogens (tertiary/aromatic N) is 1. The first-order chi connectivity index (χ1) is 10.6. The molecule has 1 N–H and O–H groups in total. The highest BCUT2D eigenvalue weighted by molar-refractivity contribution is 7.80. The number of hydrogen-bond donors (Lipinski definition) is 1. The van der Waals surface area contributed by atoms with Gasteiger partial charge in [-0.2, -0.15) is 0 Å². The highest BCUT2D eigenvalue weighted by atomic mass is 35.5. The molecule has 0 fully saturated rings. The summed E-state index contributed by atoms with van der Waals surface area (Å²) in [6, 6.07) is 14.2. The van der Waals surface area contributed by atoms with Crippen molar-refractivity contribution >= 4 is 40.5 Å². The average Bonchev–Trinajstić information content (AvgIpc) is 2.55. The SMILES string of the molecule is S=C(NCc1ccc(Cl)c(Cl)c1)N1CCc2ccccc2C1. The molecule has 2 aromatic carbocycles. The summed E-state index contributed by atoms with van der Waals surface area (Å²) in [6.07, 6.45) is 1.03. The molecular formula is C17H16Cl2N2S. The van der Waals surface area contributed by atoms with E-state index in [1.54, 1.807) is 6.07 Å². The Bertz CT molecular complexity index is 703. The van der Waals surface area contributed by atoms with Crippen LogP contribution >= 0.6 is 35.4 Å². The molecule has 114 valence electrons. The van der Waals surface area contributed by atoms with Gasteiger partial charge in [-0.05, 0) is 47.5 Å². The van der Waals surface area contributed by atoms with Crippen LogP contribution in [-0.2, 0) is 19.5 Å². The van der Waals surface area contributed by atoms with Crippen LogP contribution in [0.1, 0.15) is 16.7 Å². The van der Waals surface area contributed by atoms with Crippen LogP contribution < -0.4 is 5.32 Å². The third-order valence-corrected chi connectivity index (χ3v) is 4.99. The molecule has 0 spiro atoms. The molecule has 22 heavy (non-hydrogen) atoms. The van der Waals surface area contributed by atoms with Gasteiger partial charge in [-0.1, -0.05) is 53.5 Å². The number of thiocarbonyl (C=S) groups is 1. The fourth-order valence-electron chi connectivity index (χ4n) is 2.61. The summed E-state index contributed by atoms with van der Waals surface area (Å²) in [4.78, 5) is 2.20. The van der Waals surface area contributed by atoms with Gasteiger partial charge in [0.05, 0.1) is 10.0 Å². The number of fused-ring (bicyclic) bond motifs is 1. The highest BCUT2D eigenvalue weighted by Gasteiger charge is 2.17. The number of rotatable bonds is 2. The molecule has 0 aromatic heterocycles. The first-order valence-electron chi connectivity index (χ1n) is 7.17. The van der Waals surface area contributed by atoms with Gasteiger partial charge in [-0.3, -0.25) is 0 Å². The van der Waals surface area contributed by atoms with Crippen LogP contribution in [0.5, 0.6) is 0 Å². The summed E-state index contributed by atoms with van der Waals surface area (Å²) in [5.41, 5.74) is 3.84. The second-order valence-electron chi connectivity index (χ2n) is 5.35. The highest BCUT2D eigenvalue weighted by Crippen LogP contribution is 2.23. The minimum atomic E-state index is 0.568. The lowest BCUT2D eigenvalue weighted by Crippen LogP contribution is -2.42. The van der Waals surface area contributed by atoms with Crippen LogP contribution in [0, 0.1) is 0 Å². The van der Waals surface area contributed by atoms with E-state index in [1.807, 2.05) is 12.1 Å². The quantitative estimate of drug-likeness (QED) is 0.806. The molecule has 1 aliphatic heterocycles. The topological polar surface area (TPSA) is 15.3 Å². The molecule has 0 saturated carbocycles. The maximum atomic E-state index is 6.03. The molecule has 0 radical (unpaired) electrons. The molecule has 2 nitrogen and oxygen atoms in total. The molecule has 0 aliphatic carbocycles. The maximum absolute atomic E-state index is 6.03. The monoisotopic (exact) mass is 350 g/mol. The first kappa shape index (κ1) is 15.6. The van der Waals surface area contributed by atoms with E-state index < -0.39 is 0 Å². The molecule has 3 rings (SSSR count). The van der Waals surface area contributed by atoms with Gasteiger partial charge in [-0.25, -0.2) is 0 Å². The van der Waals surface area contributed by atoms with Gasteiger partial charge in [0.15, 0.2) is 5.11 Å². The van der Waals surface area contributed by atoms with Crippen LogP contribution in [0.3, 0.4) is 0 Å². The van der Waals surface area contributed by atoms with Crippen LogP contribution in [0.4, 0.5) is 0 Å². The first-order valence-corrected chi connectivity index (χ1v) is 8.33. The average molecular weight is 351 g/mol. The van der Waals surface area contributed by atoms with Crippen molar-refractivity contribution in [1.82, 2.24) is 10.2 Å². The summed E-state index contributed by atoms with van der Waals surface area (Å²) in [5, 5.41) is 5.22. The minimum absolute atomic E-state index is 0.568. The fourth-order valence-corrected chi connectivity index (χ4v) is 3.16. The van der Waals surface area contributed by atoms with Gasteiger partial charge in [-0.15, -0.1) is 0 Å². The van der Waals surface area contributed by atoms with Gasteiger partial charge in [0.1, 0.15) is 0 Å². The van der Waals surface area contributed by atoms with Crippen LogP contribution in [0.15, 0.2) is 42.5 Å². The minimum Gasteiger partial charge on any atom is -0.358 e. The third-order valence-electron chi connectivity index (χ3n) is 3.85. The zero-order chi connectivity index (χ0) is 15.5. The molecule has 1 heterocycles. The van der Waals surface area contributed by atoms with Gasteiger partial charge in [0, 0.05) is 19.6 Å². The molecule has 1 aliphatic rings. The van der Waals surface area contributed by atoms with Crippen LogP contribution in [-0.4, -0.2) is 16.6 Å². The van der Waals surface area contributed by atoms with E-state index in [2.05, 4.69) is 34.5 Å². The second-order valence-corrected chi connectivity index (χ2v) is 6.55. The molecule has 0 atom stereocenters. The molecule has 5 heteroatoms. The Balaban J connectivity index is 1.60. The summed E-state index contributed by atoms with van der Waals surface area (Å²) in [5.74, 6) is 0. The van der Waals surface area contributed by atoms with Gasteiger partial charge in [0.2, 0.25) is 0 Å². The van der Waals surface area contributed by atoms with E-state index in [0.717, 1.165) is 30.2 Å². The largest absolute Gasteiger partial charge is 0.358 e. The Kier molecular flexibility index (Phi) is 4.87. The molecule has 2 aromatic rings. The summed E-state index contributed by atoms with van der Waals surface area (Å²) in [6.45, 7) is 2.46. The van der Waals surface area contributed by atoms with Crippen molar-refractivity contribution < 1.29 is 0 Å². The summed E-state index contributed by atoms with van der Waals surface area (Å²) in [7, 11) is 0. The number of nitrogens with one attached hydrogen (secondary N) is 1. The lowest BCUT2D eigenvalue weighted by Gasteiger charge is -2.31. The van der Waals surface area contributed by atoms with Crippen molar-refractivity contribution in [3.63, 3.8) is 0 Å². The third kappa shape index (κ3) is 3.54. The van der Waals surface area contributed by atoms with Crippen LogP contribution in [0.2, 0.25) is 10.0 Å². The Labute approximate surface area is 146 Å². The van der Waals surface area contributed by atoms with Crippen molar-refractivity contribution in [3.05, 3.63) is 69.2 Å². The Morgan fingerprint density at radius 3 is 2.64 bits per heavy atom.